The minimum atomic E-state index is -1.18. The van der Waals surface area contributed by atoms with Crippen LogP contribution in [0.1, 0.15) is 23.2 Å². The molecule has 0 spiro atoms. The number of amides is 2. The Labute approximate surface area is 122 Å². The molecule has 0 aromatic heterocycles. The summed E-state index contributed by atoms with van der Waals surface area (Å²) in [6, 6.07) is 6.54. The zero-order chi connectivity index (χ0) is 15.2. The fourth-order valence-electron chi connectivity index (χ4n) is 2.13. The SMILES string of the molecule is O=C(O)C=CC(=O)Nc1ccc(C(=O)N2CCCC2)cc1. The van der Waals surface area contributed by atoms with Gasteiger partial charge in [-0.05, 0) is 37.1 Å². The van der Waals surface area contributed by atoms with E-state index >= 15 is 0 Å². The molecule has 0 unspecified atom stereocenters. The Kier molecular flexibility index (Phi) is 4.71. The number of aliphatic carboxylic acids is 1. The van der Waals surface area contributed by atoms with Crippen LogP contribution in [-0.4, -0.2) is 40.9 Å². The molecule has 110 valence electrons. The zero-order valence-electron chi connectivity index (χ0n) is 11.4. The normalized spacial score (nSPS) is 14.4. The van der Waals surface area contributed by atoms with Crippen LogP contribution in [0, 0.1) is 0 Å². The van der Waals surface area contributed by atoms with Gasteiger partial charge in [0.15, 0.2) is 0 Å². The molecular formula is C15H16N2O4. The Morgan fingerprint density at radius 2 is 1.67 bits per heavy atom. The summed E-state index contributed by atoms with van der Waals surface area (Å²) in [5.74, 6) is -1.72. The van der Waals surface area contributed by atoms with Gasteiger partial charge in [0, 0.05) is 36.5 Å². The van der Waals surface area contributed by atoms with Crippen LogP contribution in [0.4, 0.5) is 5.69 Å². The highest BCUT2D eigenvalue weighted by Crippen LogP contribution is 2.15. The molecule has 0 saturated carbocycles. The third-order valence-electron chi connectivity index (χ3n) is 3.17. The van der Waals surface area contributed by atoms with E-state index in [9.17, 15) is 14.4 Å². The average Bonchev–Trinajstić information content (AvgIpc) is 2.99. The first-order valence-electron chi connectivity index (χ1n) is 6.67. The van der Waals surface area contributed by atoms with Gasteiger partial charge < -0.3 is 15.3 Å². The third kappa shape index (κ3) is 4.17. The van der Waals surface area contributed by atoms with Crippen molar-refractivity contribution in [3.05, 3.63) is 42.0 Å². The highest BCUT2D eigenvalue weighted by atomic mass is 16.4. The first-order valence-corrected chi connectivity index (χ1v) is 6.67. The topological polar surface area (TPSA) is 86.7 Å². The standard InChI is InChI=1S/C15H16N2O4/c18-13(7-8-14(19)20)16-12-5-3-11(4-6-12)15(21)17-9-1-2-10-17/h3-8H,1-2,9-10H2,(H,16,18)(H,19,20). The van der Waals surface area contributed by atoms with Crippen molar-refractivity contribution in [1.82, 2.24) is 4.90 Å². The number of rotatable bonds is 4. The van der Waals surface area contributed by atoms with E-state index in [2.05, 4.69) is 5.32 Å². The fraction of sp³-hybridized carbons (Fsp3) is 0.267. The zero-order valence-corrected chi connectivity index (χ0v) is 11.4. The van der Waals surface area contributed by atoms with E-state index in [1.165, 1.54) is 0 Å². The Morgan fingerprint density at radius 3 is 2.24 bits per heavy atom. The van der Waals surface area contributed by atoms with Gasteiger partial charge in [-0.25, -0.2) is 4.79 Å². The summed E-state index contributed by atoms with van der Waals surface area (Å²) in [5, 5.41) is 10.9. The number of carbonyl (C=O) groups excluding carboxylic acids is 2. The molecule has 0 bridgehead atoms. The van der Waals surface area contributed by atoms with Gasteiger partial charge in [0.05, 0.1) is 0 Å². The molecule has 0 atom stereocenters. The van der Waals surface area contributed by atoms with Gasteiger partial charge in [-0.3, -0.25) is 9.59 Å². The monoisotopic (exact) mass is 288 g/mol. The van der Waals surface area contributed by atoms with Gasteiger partial charge in [-0.2, -0.15) is 0 Å². The molecule has 1 fully saturated rings. The molecular weight excluding hydrogens is 272 g/mol. The predicted molar refractivity (Wildman–Crippen MR) is 77.0 cm³/mol. The van der Waals surface area contributed by atoms with Gasteiger partial charge in [-0.1, -0.05) is 0 Å². The van der Waals surface area contributed by atoms with Crippen LogP contribution < -0.4 is 5.32 Å². The number of likely N-dealkylation sites (tertiary alicyclic amines) is 1. The van der Waals surface area contributed by atoms with Crippen molar-refractivity contribution < 1.29 is 19.5 Å². The average molecular weight is 288 g/mol. The van der Waals surface area contributed by atoms with Crippen LogP contribution in [-0.2, 0) is 9.59 Å². The first kappa shape index (κ1) is 14.8. The van der Waals surface area contributed by atoms with Crippen molar-refractivity contribution >= 4 is 23.5 Å². The third-order valence-corrected chi connectivity index (χ3v) is 3.17. The largest absolute Gasteiger partial charge is 0.478 e. The van der Waals surface area contributed by atoms with Crippen molar-refractivity contribution in [3.63, 3.8) is 0 Å². The number of nitrogens with one attached hydrogen (secondary N) is 1. The fourth-order valence-corrected chi connectivity index (χ4v) is 2.13. The molecule has 1 aromatic rings. The van der Waals surface area contributed by atoms with Crippen LogP contribution in [0.25, 0.3) is 0 Å². The summed E-state index contributed by atoms with van der Waals surface area (Å²) in [6.07, 6.45) is 3.78. The highest BCUT2D eigenvalue weighted by Gasteiger charge is 2.19. The second-order valence-corrected chi connectivity index (χ2v) is 4.74. The van der Waals surface area contributed by atoms with E-state index in [0.717, 1.165) is 38.1 Å². The Hall–Kier alpha value is -2.63. The van der Waals surface area contributed by atoms with E-state index in [4.69, 9.17) is 5.11 Å². The van der Waals surface area contributed by atoms with Crippen LogP contribution in [0.5, 0.6) is 0 Å². The molecule has 1 saturated heterocycles. The van der Waals surface area contributed by atoms with Crippen LogP contribution in [0.3, 0.4) is 0 Å². The number of carbonyl (C=O) groups is 3. The molecule has 1 aliphatic rings. The summed E-state index contributed by atoms with van der Waals surface area (Å²) in [7, 11) is 0. The number of hydrogen-bond donors (Lipinski definition) is 2. The van der Waals surface area contributed by atoms with Crippen molar-refractivity contribution in [2.75, 3.05) is 18.4 Å². The molecule has 21 heavy (non-hydrogen) atoms. The second kappa shape index (κ2) is 6.69. The number of benzene rings is 1. The summed E-state index contributed by atoms with van der Waals surface area (Å²) < 4.78 is 0. The Morgan fingerprint density at radius 1 is 1.05 bits per heavy atom. The molecule has 6 nitrogen and oxygen atoms in total. The number of carboxylic acid groups (broad SMARTS) is 1. The molecule has 6 heteroatoms. The molecule has 0 aliphatic carbocycles. The molecule has 2 N–H and O–H groups in total. The van der Waals surface area contributed by atoms with Gasteiger partial charge in [0.2, 0.25) is 5.91 Å². The number of carboxylic acids is 1. The van der Waals surface area contributed by atoms with Crippen molar-refractivity contribution in [2.45, 2.75) is 12.8 Å². The lowest BCUT2D eigenvalue weighted by Crippen LogP contribution is -2.27. The van der Waals surface area contributed by atoms with Crippen LogP contribution in [0.15, 0.2) is 36.4 Å². The molecule has 2 rings (SSSR count). The van der Waals surface area contributed by atoms with E-state index in [0.29, 0.717) is 11.3 Å². The Balaban J connectivity index is 1.97. The lowest BCUT2D eigenvalue weighted by Gasteiger charge is -2.15. The molecule has 2 amide bonds. The molecule has 1 heterocycles. The van der Waals surface area contributed by atoms with Crippen molar-refractivity contribution in [2.24, 2.45) is 0 Å². The van der Waals surface area contributed by atoms with Gasteiger partial charge in [-0.15, -0.1) is 0 Å². The van der Waals surface area contributed by atoms with E-state index < -0.39 is 11.9 Å². The van der Waals surface area contributed by atoms with Crippen LogP contribution >= 0.6 is 0 Å². The number of hydrogen-bond acceptors (Lipinski definition) is 3. The smallest absolute Gasteiger partial charge is 0.328 e. The van der Waals surface area contributed by atoms with Crippen molar-refractivity contribution in [1.29, 1.82) is 0 Å². The molecule has 0 radical (unpaired) electrons. The minimum Gasteiger partial charge on any atom is -0.478 e. The number of nitrogens with zero attached hydrogens (tertiary/aromatic N) is 1. The second-order valence-electron chi connectivity index (χ2n) is 4.74. The van der Waals surface area contributed by atoms with E-state index in [-0.39, 0.29) is 5.91 Å². The number of anilines is 1. The van der Waals surface area contributed by atoms with E-state index in [1.54, 1.807) is 24.3 Å². The van der Waals surface area contributed by atoms with Crippen molar-refractivity contribution in [3.8, 4) is 0 Å². The quantitative estimate of drug-likeness (QED) is 0.822. The predicted octanol–water partition coefficient (Wildman–Crippen LogP) is 1.50. The van der Waals surface area contributed by atoms with Gasteiger partial charge in [0.1, 0.15) is 0 Å². The summed E-state index contributed by atoms with van der Waals surface area (Å²) in [5.41, 5.74) is 1.09. The highest BCUT2D eigenvalue weighted by molar-refractivity contribution is 6.02. The maximum absolute atomic E-state index is 12.1. The van der Waals surface area contributed by atoms with Crippen LogP contribution in [0.2, 0.25) is 0 Å². The molecule has 1 aliphatic heterocycles. The van der Waals surface area contributed by atoms with E-state index in [1.807, 2.05) is 4.90 Å². The maximum atomic E-state index is 12.1. The summed E-state index contributed by atoms with van der Waals surface area (Å²) >= 11 is 0. The summed E-state index contributed by atoms with van der Waals surface area (Å²) in [4.78, 5) is 35.6. The lowest BCUT2D eigenvalue weighted by molar-refractivity contribution is -0.131. The summed E-state index contributed by atoms with van der Waals surface area (Å²) in [6.45, 7) is 1.58. The van der Waals surface area contributed by atoms with Gasteiger partial charge >= 0.3 is 5.97 Å². The van der Waals surface area contributed by atoms with Gasteiger partial charge in [0.25, 0.3) is 5.91 Å². The Bertz CT molecular complexity index is 572. The molecule has 1 aromatic carbocycles. The first-order chi connectivity index (χ1) is 10.1. The minimum absolute atomic E-state index is 0.00357. The lowest BCUT2D eigenvalue weighted by atomic mass is 10.2. The maximum Gasteiger partial charge on any atom is 0.328 e.